The van der Waals surface area contributed by atoms with Crippen LogP contribution in [0.3, 0.4) is 0 Å². The molecule has 2 fully saturated rings. The Morgan fingerprint density at radius 1 is 0.897 bits per heavy atom. The zero-order valence-corrected chi connectivity index (χ0v) is 21.6. The first-order chi connectivity index (χ1) is 18.9. The van der Waals surface area contributed by atoms with Crippen LogP contribution >= 0.6 is 7.60 Å². The van der Waals surface area contributed by atoms with E-state index in [0.717, 1.165) is 5.56 Å². The summed E-state index contributed by atoms with van der Waals surface area (Å²) in [6.45, 7) is 0. The monoisotopic (exact) mass is 550 g/mol. The van der Waals surface area contributed by atoms with Crippen LogP contribution < -0.4 is 10.6 Å². The normalized spacial score (nSPS) is 24.5. The molecule has 1 aromatic heterocycles. The highest BCUT2D eigenvalue weighted by Crippen LogP contribution is 2.47. The number of hydrogen-bond donors (Lipinski definition) is 4. The third-order valence-corrected chi connectivity index (χ3v) is 7.62. The number of para-hydroxylation sites is 2. The summed E-state index contributed by atoms with van der Waals surface area (Å²) < 4.78 is 32.2. The van der Waals surface area contributed by atoms with E-state index in [4.69, 9.17) is 14.2 Å². The van der Waals surface area contributed by atoms with Crippen LogP contribution in [0.5, 0.6) is 0 Å². The SMILES string of the molecule is O=C(Nc1ccccc1)Nc1cccc2c1ncn2[C@@H]1O[C@H](CCP(=O)(O)O)C2O[C@H](c3ccccc3)OC21. The maximum atomic E-state index is 12.6. The molecule has 2 amide bonds. The second-order valence-corrected chi connectivity index (χ2v) is 11.2. The molecule has 0 radical (unpaired) electrons. The molecular formula is C27H27N4O7P. The number of urea groups is 1. The summed E-state index contributed by atoms with van der Waals surface area (Å²) in [6, 6.07) is 23.6. The Kier molecular flexibility index (Phi) is 6.94. The number of ether oxygens (including phenoxy) is 3. The Hall–Kier alpha value is -3.57. The Labute approximate surface area is 223 Å². The summed E-state index contributed by atoms with van der Waals surface area (Å²) in [6.07, 6.45) is -1.61. The fourth-order valence-electron chi connectivity index (χ4n) is 5.02. The number of carbonyl (C=O) groups is 1. The van der Waals surface area contributed by atoms with Crippen LogP contribution in [0.4, 0.5) is 16.2 Å². The molecule has 2 aliphatic heterocycles. The number of carbonyl (C=O) groups excluding carboxylic acids is 1. The van der Waals surface area contributed by atoms with Crippen molar-refractivity contribution in [3.05, 3.63) is 90.8 Å². The van der Waals surface area contributed by atoms with Gasteiger partial charge in [-0.25, -0.2) is 9.78 Å². The summed E-state index contributed by atoms with van der Waals surface area (Å²) in [4.78, 5) is 36.1. The summed E-state index contributed by atoms with van der Waals surface area (Å²) in [7, 11) is -4.23. The fourth-order valence-corrected chi connectivity index (χ4v) is 5.61. The van der Waals surface area contributed by atoms with Crippen LogP contribution in [0.15, 0.2) is 85.2 Å². The topological polar surface area (TPSA) is 144 Å². The van der Waals surface area contributed by atoms with Gasteiger partial charge in [0.2, 0.25) is 0 Å². The van der Waals surface area contributed by atoms with E-state index in [2.05, 4.69) is 15.6 Å². The maximum Gasteiger partial charge on any atom is 0.325 e. The average molecular weight is 551 g/mol. The predicted octanol–water partition coefficient (Wildman–Crippen LogP) is 4.63. The Balaban J connectivity index is 1.27. The number of nitrogens with zero attached hydrogens (tertiary/aromatic N) is 2. The second kappa shape index (κ2) is 10.5. The van der Waals surface area contributed by atoms with Crippen molar-refractivity contribution in [2.75, 3.05) is 16.8 Å². The Bertz CT molecular complexity index is 1510. The van der Waals surface area contributed by atoms with Gasteiger partial charge >= 0.3 is 13.6 Å². The van der Waals surface area contributed by atoms with E-state index in [1.165, 1.54) is 0 Å². The van der Waals surface area contributed by atoms with E-state index in [-0.39, 0.29) is 12.6 Å². The fraction of sp³-hybridized carbons (Fsp3) is 0.259. The van der Waals surface area contributed by atoms with Crippen LogP contribution in [0.1, 0.15) is 24.5 Å². The van der Waals surface area contributed by atoms with Crippen LogP contribution in [-0.2, 0) is 18.8 Å². The first kappa shape index (κ1) is 25.7. The van der Waals surface area contributed by atoms with E-state index in [9.17, 15) is 19.1 Å². The van der Waals surface area contributed by atoms with Crippen molar-refractivity contribution in [1.29, 1.82) is 0 Å². The van der Waals surface area contributed by atoms with Gasteiger partial charge in [0.05, 0.1) is 29.8 Å². The number of imidazole rings is 1. The van der Waals surface area contributed by atoms with Gasteiger partial charge in [-0.1, -0.05) is 54.6 Å². The molecule has 5 atom stereocenters. The zero-order valence-electron chi connectivity index (χ0n) is 20.7. The molecular weight excluding hydrogens is 523 g/mol. The van der Waals surface area contributed by atoms with Gasteiger partial charge in [-0.15, -0.1) is 0 Å². The van der Waals surface area contributed by atoms with Gasteiger partial charge < -0.3 is 39.2 Å². The van der Waals surface area contributed by atoms with Gasteiger partial charge in [-0.3, -0.25) is 4.57 Å². The molecule has 4 N–H and O–H groups in total. The molecule has 0 bridgehead atoms. The van der Waals surface area contributed by atoms with Gasteiger partial charge in [0.1, 0.15) is 17.7 Å². The number of fused-ring (bicyclic) bond motifs is 2. The third-order valence-electron chi connectivity index (χ3n) is 6.78. The van der Waals surface area contributed by atoms with E-state index in [1.807, 2.05) is 59.2 Å². The zero-order chi connectivity index (χ0) is 27.0. The average Bonchev–Trinajstić information content (AvgIpc) is 3.63. The molecule has 11 nitrogen and oxygen atoms in total. The molecule has 3 aromatic carbocycles. The van der Waals surface area contributed by atoms with Crippen molar-refractivity contribution in [1.82, 2.24) is 9.55 Å². The molecule has 12 heteroatoms. The van der Waals surface area contributed by atoms with Gasteiger partial charge in [0, 0.05) is 11.3 Å². The second-order valence-electron chi connectivity index (χ2n) is 9.46. The minimum Gasteiger partial charge on any atom is -0.349 e. The largest absolute Gasteiger partial charge is 0.349 e. The minimum atomic E-state index is -4.23. The van der Waals surface area contributed by atoms with Crippen molar-refractivity contribution >= 4 is 36.0 Å². The van der Waals surface area contributed by atoms with E-state index < -0.39 is 44.5 Å². The van der Waals surface area contributed by atoms with Gasteiger partial charge in [0.15, 0.2) is 12.5 Å². The number of benzene rings is 3. The molecule has 2 aliphatic rings. The van der Waals surface area contributed by atoms with Crippen molar-refractivity contribution in [3.8, 4) is 0 Å². The summed E-state index contributed by atoms with van der Waals surface area (Å²) in [5.41, 5.74) is 3.26. The third kappa shape index (κ3) is 5.46. The standard InChI is InChI=1S/C27H27N4O7P/c32-27(29-18-10-5-2-6-11-18)30-19-12-7-13-20-22(19)28-16-31(20)25-24-23(21(36-25)14-15-39(33,34)35)37-26(38-24)17-8-3-1-4-9-17/h1-13,16,21,23-26H,14-15H2,(H2,29,30,32)(H2,33,34,35)/t21-,23?,24?,25-,26+/m1/s1. The van der Waals surface area contributed by atoms with E-state index in [0.29, 0.717) is 22.4 Å². The van der Waals surface area contributed by atoms with Crippen LogP contribution in [0.2, 0.25) is 0 Å². The molecule has 2 saturated heterocycles. The van der Waals surface area contributed by atoms with E-state index >= 15 is 0 Å². The Morgan fingerprint density at radius 2 is 1.62 bits per heavy atom. The predicted molar refractivity (Wildman–Crippen MR) is 143 cm³/mol. The Morgan fingerprint density at radius 3 is 2.36 bits per heavy atom. The number of anilines is 2. The molecule has 0 spiro atoms. The summed E-state index contributed by atoms with van der Waals surface area (Å²) in [5, 5.41) is 5.64. The molecule has 0 aliphatic carbocycles. The van der Waals surface area contributed by atoms with Crippen molar-refractivity contribution in [3.63, 3.8) is 0 Å². The molecule has 2 unspecified atom stereocenters. The number of aromatic nitrogens is 2. The lowest BCUT2D eigenvalue weighted by Gasteiger charge is -2.22. The molecule has 6 rings (SSSR count). The van der Waals surface area contributed by atoms with Gasteiger partial charge in [-0.05, 0) is 30.7 Å². The summed E-state index contributed by atoms with van der Waals surface area (Å²) >= 11 is 0. The maximum absolute atomic E-state index is 12.6. The molecule has 202 valence electrons. The molecule has 0 saturated carbocycles. The van der Waals surface area contributed by atoms with E-state index in [1.54, 1.807) is 30.6 Å². The molecule has 4 aromatic rings. The highest BCUT2D eigenvalue weighted by atomic mass is 31.2. The molecule has 3 heterocycles. The number of hydrogen-bond acceptors (Lipinski definition) is 6. The van der Waals surface area contributed by atoms with Gasteiger partial charge in [-0.2, -0.15) is 0 Å². The van der Waals surface area contributed by atoms with Crippen molar-refractivity contribution in [2.45, 2.75) is 37.3 Å². The first-order valence-corrected chi connectivity index (χ1v) is 14.3. The van der Waals surface area contributed by atoms with Crippen LogP contribution in [0.25, 0.3) is 11.0 Å². The highest BCUT2D eigenvalue weighted by molar-refractivity contribution is 7.51. The van der Waals surface area contributed by atoms with Gasteiger partial charge in [0.25, 0.3) is 0 Å². The van der Waals surface area contributed by atoms with Crippen LogP contribution in [-0.4, -0.2) is 49.8 Å². The van der Waals surface area contributed by atoms with Crippen molar-refractivity contribution in [2.24, 2.45) is 0 Å². The number of amides is 2. The van der Waals surface area contributed by atoms with Crippen molar-refractivity contribution < 1.29 is 33.4 Å². The highest BCUT2D eigenvalue weighted by Gasteiger charge is 2.54. The lowest BCUT2D eigenvalue weighted by atomic mass is 10.1. The lowest BCUT2D eigenvalue weighted by molar-refractivity contribution is -0.147. The smallest absolute Gasteiger partial charge is 0.325 e. The minimum absolute atomic E-state index is 0.103. The van der Waals surface area contributed by atoms with Crippen LogP contribution in [0, 0.1) is 0 Å². The molecule has 39 heavy (non-hydrogen) atoms. The number of rotatable bonds is 7. The first-order valence-electron chi connectivity index (χ1n) is 12.5. The summed E-state index contributed by atoms with van der Waals surface area (Å²) in [5.74, 6) is 0. The number of nitrogens with one attached hydrogen (secondary N) is 2. The quantitative estimate of drug-likeness (QED) is 0.244. The lowest BCUT2D eigenvalue weighted by Crippen LogP contribution is -2.29.